The molecule has 3 amide bonds. The summed E-state index contributed by atoms with van der Waals surface area (Å²) in [6.07, 6.45) is 1.35. The SMILES string of the molecule is CNc1cc2c(cc1Cl)C(=O)N(c1ccc(NC(=O)NS(=O)(=O)c3ccc(Cl)s3)nc1)CO2. The van der Waals surface area contributed by atoms with Gasteiger partial charge in [-0.3, -0.25) is 15.0 Å². The predicted molar refractivity (Wildman–Crippen MR) is 126 cm³/mol. The quantitative estimate of drug-likeness (QED) is 0.457. The van der Waals surface area contributed by atoms with E-state index in [9.17, 15) is 18.0 Å². The molecule has 10 nitrogen and oxygen atoms in total. The number of carbonyl (C=O) groups is 2. The van der Waals surface area contributed by atoms with Crippen LogP contribution >= 0.6 is 34.5 Å². The molecule has 3 N–H and O–H groups in total. The van der Waals surface area contributed by atoms with Gasteiger partial charge in [0.25, 0.3) is 15.9 Å². The van der Waals surface area contributed by atoms with Crippen molar-refractivity contribution in [1.29, 1.82) is 0 Å². The first-order valence-corrected chi connectivity index (χ1v) is 12.2. The van der Waals surface area contributed by atoms with Crippen LogP contribution in [0, 0.1) is 0 Å². The lowest BCUT2D eigenvalue weighted by Crippen LogP contribution is -2.39. The molecule has 14 heteroatoms. The van der Waals surface area contributed by atoms with Gasteiger partial charge in [0.2, 0.25) is 0 Å². The number of nitrogens with one attached hydrogen (secondary N) is 3. The molecule has 0 aliphatic carbocycles. The van der Waals surface area contributed by atoms with Gasteiger partial charge in [-0.2, -0.15) is 0 Å². The minimum absolute atomic E-state index is 0.0484. The molecule has 1 aliphatic rings. The summed E-state index contributed by atoms with van der Waals surface area (Å²) in [6.45, 7) is -0.0484. The van der Waals surface area contributed by atoms with Gasteiger partial charge in [-0.15, -0.1) is 11.3 Å². The number of urea groups is 1. The Morgan fingerprint density at radius 1 is 1.21 bits per heavy atom. The standard InChI is InChI=1S/C19H15Cl2N5O5S2/c1-22-13-7-14-11(6-12(13)20)18(27)26(9-31-14)10-2-4-16(23-8-10)24-19(28)25-33(29,30)17-5-3-15(21)32-17/h2-8,22H,9H2,1H3,(H2,23,24,25,28). The third-order valence-electron chi connectivity index (χ3n) is 4.50. The highest BCUT2D eigenvalue weighted by Gasteiger charge is 2.28. The highest BCUT2D eigenvalue weighted by Crippen LogP contribution is 2.35. The van der Waals surface area contributed by atoms with E-state index >= 15 is 0 Å². The van der Waals surface area contributed by atoms with Gasteiger partial charge in [0.05, 0.1) is 32.5 Å². The summed E-state index contributed by atoms with van der Waals surface area (Å²) in [5.41, 5.74) is 1.34. The summed E-state index contributed by atoms with van der Waals surface area (Å²) < 4.78 is 32.1. The summed E-state index contributed by atoms with van der Waals surface area (Å²) in [5, 5.41) is 5.62. The summed E-state index contributed by atoms with van der Waals surface area (Å²) in [5.74, 6) is 0.144. The summed E-state index contributed by atoms with van der Waals surface area (Å²) >= 11 is 12.7. The van der Waals surface area contributed by atoms with Gasteiger partial charge >= 0.3 is 6.03 Å². The molecule has 0 radical (unpaired) electrons. The first kappa shape index (κ1) is 23.1. The minimum Gasteiger partial charge on any atom is -0.472 e. The lowest BCUT2D eigenvalue weighted by Gasteiger charge is -2.29. The van der Waals surface area contributed by atoms with Gasteiger partial charge in [-0.1, -0.05) is 23.2 Å². The van der Waals surface area contributed by atoms with Crippen molar-refractivity contribution in [3.8, 4) is 5.75 Å². The van der Waals surface area contributed by atoms with E-state index in [1.807, 2.05) is 4.72 Å². The molecule has 0 fully saturated rings. The van der Waals surface area contributed by atoms with Crippen LogP contribution in [0.25, 0.3) is 0 Å². The molecule has 33 heavy (non-hydrogen) atoms. The van der Waals surface area contributed by atoms with Crippen molar-refractivity contribution >= 4 is 73.7 Å². The van der Waals surface area contributed by atoms with Crippen molar-refractivity contribution in [2.45, 2.75) is 4.21 Å². The number of halogens is 2. The zero-order valence-electron chi connectivity index (χ0n) is 16.8. The average Bonchev–Trinajstić information content (AvgIpc) is 3.22. The Hall–Kier alpha value is -3.06. The third kappa shape index (κ3) is 4.83. The number of amides is 3. The van der Waals surface area contributed by atoms with Crippen LogP contribution in [0.1, 0.15) is 10.4 Å². The van der Waals surface area contributed by atoms with Crippen molar-refractivity contribution in [3.05, 3.63) is 57.5 Å². The molecule has 4 rings (SSSR count). The number of nitrogens with zero attached hydrogens (tertiary/aromatic N) is 2. The summed E-state index contributed by atoms with van der Waals surface area (Å²) in [6, 6.07) is 7.83. The Labute approximate surface area is 202 Å². The number of aromatic nitrogens is 1. The fraction of sp³-hybridized carbons (Fsp3) is 0.105. The number of carbonyl (C=O) groups excluding carboxylic acids is 2. The molecular weight excluding hydrogens is 513 g/mol. The lowest BCUT2D eigenvalue weighted by molar-refractivity contribution is 0.0937. The zero-order chi connectivity index (χ0) is 23.8. The molecule has 0 saturated carbocycles. The normalized spacial score (nSPS) is 13.2. The van der Waals surface area contributed by atoms with E-state index < -0.39 is 16.1 Å². The van der Waals surface area contributed by atoms with Gasteiger partial charge in [-0.05, 0) is 30.3 Å². The van der Waals surface area contributed by atoms with E-state index in [4.69, 9.17) is 27.9 Å². The van der Waals surface area contributed by atoms with E-state index in [0.29, 0.717) is 27.7 Å². The molecule has 172 valence electrons. The van der Waals surface area contributed by atoms with Crippen LogP contribution in [-0.4, -0.2) is 39.1 Å². The van der Waals surface area contributed by atoms with Crippen LogP contribution in [0.5, 0.6) is 5.75 Å². The number of benzene rings is 1. The van der Waals surface area contributed by atoms with Crippen LogP contribution in [0.4, 0.5) is 22.0 Å². The van der Waals surface area contributed by atoms with Crippen molar-refractivity contribution in [2.75, 3.05) is 29.3 Å². The fourth-order valence-corrected chi connectivity index (χ4v) is 5.59. The maximum Gasteiger partial charge on any atom is 0.334 e. The smallest absolute Gasteiger partial charge is 0.334 e. The fourth-order valence-electron chi connectivity index (χ4n) is 2.94. The van der Waals surface area contributed by atoms with Crippen molar-refractivity contribution in [1.82, 2.24) is 9.71 Å². The molecule has 3 aromatic rings. The second-order valence-electron chi connectivity index (χ2n) is 6.60. The van der Waals surface area contributed by atoms with Gasteiger partial charge in [0.1, 0.15) is 15.8 Å². The number of pyridine rings is 1. The van der Waals surface area contributed by atoms with E-state index in [2.05, 4.69) is 15.6 Å². The van der Waals surface area contributed by atoms with Crippen molar-refractivity contribution in [2.24, 2.45) is 0 Å². The maximum absolute atomic E-state index is 12.9. The van der Waals surface area contributed by atoms with Crippen LogP contribution in [0.3, 0.4) is 0 Å². The minimum atomic E-state index is -4.07. The topological polar surface area (TPSA) is 130 Å². The summed E-state index contributed by atoms with van der Waals surface area (Å²) in [7, 11) is -2.36. The Morgan fingerprint density at radius 2 is 2.00 bits per heavy atom. The molecule has 1 aliphatic heterocycles. The largest absolute Gasteiger partial charge is 0.472 e. The molecule has 0 bridgehead atoms. The van der Waals surface area contributed by atoms with Crippen molar-refractivity contribution in [3.63, 3.8) is 0 Å². The molecule has 0 atom stereocenters. The van der Waals surface area contributed by atoms with Gasteiger partial charge in [-0.25, -0.2) is 22.9 Å². The van der Waals surface area contributed by atoms with E-state index in [0.717, 1.165) is 11.3 Å². The molecule has 0 spiro atoms. The maximum atomic E-state index is 12.9. The number of hydrogen-bond acceptors (Lipinski definition) is 8. The van der Waals surface area contributed by atoms with Gasteiger partial charge in [0.15, 0.2) is 6.73 Å². The third-order valence-corrected chi connectivity index (χ3v) is 7.87. The highest BCUT2D eigenvalue weighted by atomic mass is 35.5. The average molecular weight is 528 g/mol. The van der Waals surface area contributed by atoms with E-state index in [-0.39, 0.29) is 27.0 Å². The predicted octanol–water partition coefficient (Wildman–Crippen LogP) is 4.00. The first-order chi connectivity index (χ1) is 15.7. The van der Waals surface area contributed by atoms with E-state index in [1.165, 1.54) is 41.4 Å². The molecule has 2 aromatic heterocycles. The van der Waals surface area contributed by atoms with Crippen LogP contribution < -0.4 is 25.0 Å². The van der Waals surface area contributed by atoms with Crippen molar-refractivity contribution < 1.29 is 22.7 Å². The Morgan fingerprint density at radius 3 is 2.64 bits per heavy atom. The number of rotatable bonds is 5. The van der Waals surface area contributed by atoms with Crippen LogP contribution in [0.15, 0.2) is 46.8 Å². The second-order valence-corrected chi connectivity index (χ2v) is 10.6. The molecule has 1 aromatic carbocycles. The Kier molecular flexibility index (Phi) is 6.34. The number of anilines is 3. The summed E-state index contributed by atoms with van der Waals surface area (Å²) in [4.78, 5) is 30.4. The molecular formula is C19H15Cl2N5O5S2. The molecule has 0 unspecified atom stereocenters. The highest BCUT2D eigenvalue weighted by molar-refractivity contribution is 7.92. The van der Waals surface area contributed by atoms with Gasteiger partial charge < -0.3 is 10.1 Å². The zero-order valence-corrected chi connectivity index (χ0v) is 19.9. The second kappa shape index (κ2) is 9.06. The number of thiophene rings is 1. The number of sulfonamides is 1. The number of hydrogen-bond donors (Lipinski definition) is 3. The Balaban J connectivity index is 1.45. The Bertz CT molecular complexity index is 1350. The molecule has 3 heterocycles. The number of fused-ring (bicyclic) bond motifs is 1. The number of ether oxygens (including phenoxy) is 1. The molecule has 0 saturated heterocycles. The monoisotopic (exact) mass is 527 g/mol. The lowest BCUT2D eigenvalue weighted by atomic mass is 10.1. The van der Waals surface area contributed by atoms with Crippen LogP contribution in [0.2, 0.25) is 9.36 Å². The first-order valence-electron chi connectivity index (χ1n) is 9.19. The van der Waals surface area contributed by atoms with Crippen LogP contribution in [-0.2, 0) is 10.0 Å². The van der Waals surface area contributed by atoms with Gasteiger partial charge in [0, 0.05) is 13.1 Å². The van der Waals surface area contributed by atoms with E-state index in [1.54, 1.807) is 13.1 Å².